The minimum atomic E-state index is 0.579. The van der Waals surface area contributed by atoms with E-state index in [1.165, 1.54) is 10.0 Å². The predicted octanol–water partition coefficient (Wildman–Crippen LogP) is 3.63. The van der Waals surface area contributed by atoms with E-state index in [1.807, 2.05) is 0 Å². The second-order valence-electron chi connectivity index (χ2n) is 4.50. The molecule has 0 spiro atoms. The molecule has 1 aromatic rings. The SMILES string of the molecule is CC(CNC(C)C)Cc1cccc(Br)c1. The van der Waals surface area contributed by atoms with Crippen molar-refractivity contribution in [3.05, 3.63) is 34.3 Å². The summed E-state index contributed by atoms with van der Waals surface area (Å²) >= 11 is 3.50. The Kier molecular flexibility index (Phi) is 5.34. The summed E-state index contributed by atoms with van der Waals surface area (Å²) in [5, 5.41) is 3.47. The van der Waals surface area contributed by atoms with Crippen molar-refractivity contribution in [2.24, 2.45) is 5.92 Å². The van der Waals surface area contributed by atoms with Crippen LogP contribution < -0.4 is 5.32 Å². The van der Waals surface area contributed by atoms with Gasteiger partial charge in [0, 0.05) is 10.5 Å². The number of benzene rings is 1. The highest BCUT2D eigenvalue weighted by atomic mass is 79.9. The molecular weight excluding hydrogens is 250 g/mol. The highest BCUT2D eigenvalue weighted by Crippen LogP contribution is 2.14. The number of hydrogen-bond acceptors (Lipinski definition) is 1. The average molecular weight is 270 g/mol. The molecule has 0 amide bonds. The summed E-state index contributed by atoms with van der Waals surface area (Å²) in [7, 11) is 0. The molecule has 0 saturated carbocycles. The fourth-order valence-corrected chi connectivity index (χ4v) is 2.02. The lowest BCUT2D eigenvalue weighted by atomic mass is 10.0. The van der Waals surface area contributed by atoms with Crippen molar-refractivity contribution in [1.29, 1.82) is 0 Å². The topological polar surface area (TPSA) is 12.0 Å². The molecule has 0 aromatic heterocycles. The van der Waals surface area contributed by atoms with Gasteiger partial charge in [0.15, 0.2) is 0 Å². The van der Waals surface area contributed by atoms with Crippen LogP contribution in [0.15, 0.2) is 28.7 Å². The standard InChI is InChI=1S/C13H20BrN/c1-10(2)15-9-11(3)7-12-5-4-6-13(14)8-12/h4-6,8,10-11,15H,7,9H2,1-3H3. The first-order valence-corrected chi connectivity index (χ1v) is 6.35. The molecule has 1 rings (SSSR count). The highest BCUT2D eigenvalue weighted by Gasteiger charge is 2.04. The molecular formula is C13H20BrN. The molecule has 0 fully saturated rings. The van der Waals surface area contributed by atoms with Gasteiger partial charge in [-0.25, -0.2) is 0 Å². The molecule has 1 unspecified atom stereocenters. The van der Waals surface area contributed by atoms with Crippen LogP contribution in [0.5, 0.6) is 0 Å². The molecule has 15 heavy (non-hydrogen) atoms. The van der Waals surface area contributed by atoms with E-state index in [4.69, 9.17) is 0 Å². The normalized spacial score (nSPS) is 13.1. The molecule has 0 aliphatic carbocycles. The lowest BCUT2D eigenvalue weighted by molar-refractivity contribution is 0.476. The summed E-state index contributed by atoms with van der Waals surface area (Å²) in [6.07, 6.45) is 1.14. The third kappa shape index (κ3) is 5.33. The number of nitrogens with one attached hydrogen (secondary N) is 1. The van der Waals surface area contributed by atoms with Gasteiger partial charge in [0.2, 0.25) is 0 Å². The van der Waals surface area contributed by atoms with Crippen molar-refractivity contribution < 1.29 is 0 Å². The maximum absolute atomic E-state index is 3.50. The molecule has 0 saturated heterocycles. The molecule has 0 bridgehead atoms. The Labute approximate surface area is 101 Å². The summed E-state index contributed by atoms with van der Waals surface area (Å²) < 4.78 is 1.17. The van der Waals surface area contributed by atoms with Gasteiger partial charge in [-0.1, -0.05) is 48.8 Å². The molecule has 1 aromatic carbocycles. The molecule has 1 atom stereocenters. The van der Waals surface area contributed by atoms with Crippen LogP contribution in [0.25, 0.3) is 0 Å². The Bertz CT molecular complexity index is 296. The molecule has 84 valence electrons. The molecule has 0 radical (unpaired) electrons. The van der Waals surface area contributed by atoms with Gasteiger partial charge in [-0.15, -0.1) is 0 Å². The third-order valence-electron chi connectivity index (χ3n) is 2.35. The third-order valence-corrected chi connectivity index (χ3v) is 2.84. The fourth-order valence-electron chi connectivity index (χ4n) is 1.58. The first kappa shape index (κ1) is 12.7. The van der Waals surface area contributed by atoms with E-state index in [0.29, 0.717) is 12.0 Å². The molecule has 0 aliphatic heterocycles. The van der Waals surface area contributed by atoms with Crippen LogP contribution in [0, 0.1) is 5.92 Å². The van der Waals surface area contributed by atoms with Crippen molar-refractivity contribution in [2.45, 2.75) is 33.2 Å². The van der Waals surface area contributed by atoms with Crippen molar-refractivity contribution >= 4 is 15.9 Å². The Morgan fingerprint density at radius 1 is 1.27 bits per heavy atom. The van der Waals surface area contributed by atoms with E-state index < -0.39 is 0 Å². The first-order chi connectivity index (χ1) is 7.08. The largest absolute Gasteiger partial charge is 0.314 e. The Morgan fingerprint density at radius 2 is 2.00 bits per heavy atom. The quantitative estimate of drug-likeness (QED) is 0.861. The predicted molar refractivity (Wildman–Crippen MR) is 70.1 cm³/mol. The van der Waals surface area contributed by atoms with Crippen LogP contribution in [0.1, 0.15) is 26.3 Å². The zero-order valence-electron chi connectivity index (χ0n) is 9.76. The average Bonchev–Trinajstić information content (AvgIpc) is 2.15. The van der Waals surface area contributed by atoms with Gasteiger partial charge in [0.25, 0.3) is 0 Å². The number of rotatable bonds is 5. The number of hydrogen-bond donors (Lipinski definition) is 1. The van der Waals surface area contributed by atoms with Gasteiger partial charge in [0.05, 0.1) is 0 Å². The number of halogens is 1. The highest BCUT2D eigenvalue weighted by molar-refractivity contribution is 9.10. The van der Waals surface area contributed by atoms with E-state index in [9.17, 15) is 0 Å². The fraction of sp³-hybridized carbons (Fsp3) is 0.538. The van der Waals surface area contributed by atoms with Crippen LogP contribution in [-0.4, -0.2) is 12.6 Å². The second kappa shape index (κ2) is 6.29. The van der Waals surface area contributed by atoms with Crippen LogP contribution in [0.4, 0.5) is 0 Å². The first-order valence-electron chi connectivity index (χ1n) is 5.55. The zero-order valence-corrected chi connectivity index (χ0v) is 11.3. The van der Waals surface area contributed by atoms with Gasteiger partial charge in [0.1, 0.15) is 0 Å². The lowest BCUT2D eigenvalue weighted by Gasteiger charge is -2.15. The van der Waals surface area contributed by atoms with Gasteiger partial charge in [-0.3, -0.25) is 0 Å². The van der Waals surface area contributed by atoms with Gasteiger partial charge >= 0.3 is 0 Å². The van der Waals surface area contributed by atoms with E-state index in [-0.39, 0.29) is 0 Å². The van der Waals surface area contributed by atoms with Gasteiger partial charge in [-0.05, 0) is 36.6 Å². The Morgan fingerprint density at radius 3 is 2.60 bits per heavy atom. The van der Waals surface area contributed by atoms with E-state index in [1.54, 1.807) is 0 Å². The Hall–Kier alpha value is -0.340. The van der Waals surface area contributed by atoms with Crippen molar-refractivity contribution in [3.8, 4) is 0 Å². The smallest absolute Gasteiger partial charge is 0.0177 e. The summed E-state index contributed by atoms with van der Waals surface area (Å²) in [6, 6.07) is 9.14. The Balaban J connectivity index is 2.40. The maximum Gasteiger partial charge on any atom is 0.0177 e. The summed E-state index contributed by atoms with van der Waals surface area (Å²) in [4.78, 5) is 0. The maximum atomic E-state index is 3.50. The van der Waals surface area contributed by atoms with Crippen LogP contribution >= 0.6 is 15.9 Å². The lowest BCUT2D eigenvalue weighted by Crippen LogP contribution is -2.28. The van der Waals surface area contributed by atoms with E-state index in [2.05, 4.69) is 66.3 Å². The van der Waals surface area contributed by atoms with Crippen LogP contribution in [0.3, 0.4) is 0 Å². The minimum absolute atomic E-state index is 0.579. The second-order valence-corrected chi connectivity index (χ2v) is 5.42. The van der Waals surface area contributed by atoms with Crippen molar-refractivity contribution in [3.63, 3.8) is 0 Å². The summed E-state index contributed by atoms with van der Waals surface area (Å²) in [5.74, 6) is 0.682. The monoisotopic (exact) mass is 269 g/mol. The summed E-state index contributed by atoms with van der Waals surface area (Å²) in [5.41, 5.74) is 1.41. The minimum Gasteiger partial charge on any atom is -0.314 e. The molecule has 2 heteroatoms. The van der Waals surface area contributed by atoms with E-state index >= 15 is 0 Å². The van der Waals surface area contributed by atoms with Crippen LogP contribution in [-0.2, 0) is 6.42 Å². The molecule has 0 aliphatic rings. The van der Waals surface area contributed by atoms with Gasteiger partial charge in [-0.2, -0.15) is 0 Å². The molecule has 0 heterocycles. The molecule has 1 N–H and O–H groups in total. The molecule has 1 nitrogen and oxygen atoms in total. The van der Waals surface area contributed by atoms with Crippen molar-refractivity contribution in [1.82, 2.24) is 5.32 Å². The van der Waals surface area contributed by atoms with Crippen LogP contribution in [0.2, 0.25) is 0 Å². The van der Waals surface area contributed by atoms with Crippen molar-refractivity contribution in [2.75, 3.05) is 6.54 Å². The van der Waals surface area contributed by atoms with Gasteiger partial charge < -0.3 is 5.32 Å². The summed E-state index contributed by atoms with van der Waals surface area (Å²) in [6.45, 7) is 7.75. The van der Waals surface area contributed by atoms with E-state index in [0.717, 1.165) is 13.0 Å². The zero-order chi connectivity index (χ0) is 11.3.